The molecule has 2 atom stereocenters. The number of halogens is 2. The molecule has 0 aliphatic carbocycles. The number of hydrogen-bond donors (Lipinski definition) is 4. The van der Waals surface area contributed by atoms with Gasteiger partial charge in [-0.05, 0) is 24.3 Å². The number of carbonyl (C=O) groups excluding carboxylic acids is 3. The Kier molecular flexibility index (Phi) is 6.20. The van der Waals surface area contributed by atoms with Crippen LogP contribution < -0.4 is 21.3 Å². The average Bonchev–Trinajstić information content (AvgIpc) is 3.19. The van der Waals surface area contributed by atoms with Crippen LogP contribution >= 0.6 is 23.2 Å². The Labute approximate surface area is 192 Å². The van der Waals surface area contributed by atoms with Crippen molar-refractivity contribution in [3.63, 3.8) is 0 Å². The van der Waals surface area contributed by atoms with Gasteiger partial charge in [0, 0.05) is 11.4 Å². The zero-order valence-electron chi connectivity index (χ0n) is 16.2. The fourth-order valence-electron chi connectivity index (χ4n) is 2.96. The predicted molar refractivity (Wildman–Crippen MR) is 117 cm³/mol. The maximum absolute atomic E-state index is 12.6. The van der Waals surface area contributed by atoms with Crippen LogP contribution in [0, 0.1) is 0 Å². The number of ether oxygens (including phenoxy) is 2. The summed E-state index contributed by atoms with van der Waals surface area (Å²) in [6.07, 6.45) is -2.37. The number of anilines is 2. The van der Waals surface area contributed by atoms with E-state index in [1.807, 2.05) is 12.1 Å². The first-order valence-electron chi connectivity index (χ1n) is 9.35. The third-order valence-electron chi connectivity index (χ3n) is 4.44. The molecular formula is C21H16Cl2N4O5. The number of cyclic esters (lactones) is 2. The van der Waals surface area contributed by atoms with E-state index in [4.69, 9.17) is 32.7 Å². The smallest absolute Gasteiger partial charge is 0.354 e. The topological polar surface area (TPSA) is 118 Å². The number of benzene rings is 2. The molecule has 0 saturated heterocycles. The van der Waals surface area contributed by atoms with Gasteiger partial charge < -0.3 is 20.1 Å². The lowest BCUT2D eigenvalue weighted by Crippen LogP contribution is -2.49. The highest BCUT2D eigenvalue weighted by atomic mass is 35.5. The summed E-state index contributed by atoms with van der Waals surface area (Å²) < 4.78 is 10.2. The molecule has 2 heterocycles. The highest BCUT2D eigenvalue weighted by Gasteiger charge is 2.38. The molecular weight excluding hydrogens is 459 g/mol. The summed E-state index contributed by atoms with van der Waals surface area (Å²) in [4.78, 5) is 36.4. The molecule has 11 heteroatoms. The number of para-hydroxylation sites is 2. The Balaban J connectivity index is 1.44. The molecule has 164 valence electrons. The number of carbonyl (C=O) groups is 3. The van der Waals surface area contributed by atoms with Crippen molar-refractivity contribution in [2.45, 2.75) is 12.5 Å². The Bertz CT molecular complexity index is 1030. The van der Waals surface area contributed by atoms with Crippen molar-refractivity contribution in [2.75, 3.05) is 10.6 Å². The molecule has 0 spiro atoms. The van der Waals surface area contributed by atoms with Gasteiger partial charge in [-0.1, -0.05) is 59.6 Å². The molecule has 2 amide bonds. The second kappa shape index (κ2) is 9.21. The van der Waals surface area contributed by atoms with Crippen LogP contribution in [0.5, 0.6) is 0 Å². The molecule has 0 fully saturated rings. The standard InChI is InChI=1S/C21H16Cl2N4O5/c22-13-15(24-11-7-3-1-4-8-11)17(31-19(13)28)26-21(30)27-18-16(14(23)20(29)32-18)25-12-9-5-2-6-10-12/h1-10,17-18,24-25H,(H2,26,27,30)/t17-,18+. The first-order valence-corrected chi connectivity index (χ1v) is 10.1. The molecule has 2 aliphatic heterocycles. The fraction of sp³-hybridized carbons (Fsp3) is 0.0952. The lowest BCUT2D eigenvalue weighted by molar-refractivity contribution is -0.140. The van der Waals surface area contributed by atoms with Crippen molar-refractivity contribution < 1.29 is 23.9 Å². The molecule has 0 unspecified atom stereocenters. The number of rotatable bonds is 6. The van der Waals surface area contributed by atoms with Gasteiger partial charge in [-0.25, -0.2) is 14.4 Å². The monoisotopic (exact) mass is 474 g/mol. The molecule has 0 aromatic heterocycles. The normalized spacial score (nSPS) is 20.1. The van der Waals surface area contributed by atoms with Crippen LogP contribution in [0.4, 0.5) is 16.2 Å². The van der Waals surface area contributed by atoms with Gasteiger partial charge in [-0.15, -0.1) is 0 Å². The van der Waals surface area contributed by atoms with Crippen LogP contribution in [0.1, 0.15) is 0 Å². The van der Waals surface area contributed by atoms with Crippen LogP contribution in [-0.4, -0.2) is 30.4 Å². The second-order valence-corrected chi connectivity index (χ2v) is 7.38. The molecule has 32 heavy (non-hydrogen) atoms. The van der Waals surface area contributed by atoms with E-state index in [2.05, 4.69) is 21.3 Å². The van der Waals surface area contributed by atoms with E-state index < -0.39 is 30.4 Å². The van der Waals surface area contributed by atoms with Crippen molar-refractivity contribution in [3.05, 3.63) is 82.1 Å². The lowest BCUT2D eigenvalue weighted by atomic mass is 10.3. The summed E-state index contributed by atoms with van der Waals surface area (Å²) in [7, 11) is 0. The van der Waals surface area contributed by atoms with E-state index >= 15 is 0 Å². The van der Waals surface area contributed by atoms with Crippen molar-refractivity contribution in [1.29, 1.82) is 0 Å². The largest absolute Gasteiger partial charge is 0.431 e. The summed E-state index contributed by atoms with van der Waals surface area (Å²) >= 11 is 12.1. The van der Waals surface area contributed by atoms with Crippen molar-refractivity contribution in [1.82, 2.24) is 10.6 Å². The number of hydrogen-bond acceptors (Lipinski definition) is 7. The van der Waals surface area contributed by atoms with Crippen LogP contribution in [0.3, 0.4) is 0 Å². The van der Waals surface area contributed by atoms with Crippen molar-refractivity contribution in [2.24, 2.45) is 0 Å². The maximum atomic E-state index is 12.6. The molecule has 0 saturated carbocycles. The van der Waals surface area contributed by atoms with Gasteiger partial charge in [-0.3, -0.25) is 10.6 Å². The molecule has 4 rings (SSSR count). The molecule has 2 aromatic rings. The van der Waals surface area contributed by atoms with E-state index in [1.165, 1.54) is 0 Å². The number of urea groups is 1. The maximum Gasteiger partial charge on any atom is 0.354 e. The minimum atomic E-state index is -1.18. The van der Waals surface area contributed by atoms with E-state index in [0.29, 0.717) is 11.4 Å². The van der Waals surface area contributed by atoms with Gasteiger partial charge in [0.2, 0.25) is 12.5 Å². The summed E-state index contributed by atoms with van der Waals surface area (Å²) in [5.41, 5.74) is 1.61. The number of esters is 2. The van der Waals surface area contributed by atoms with Gasteiger partial charge in [0.05, 0.1) is 0 Å². The lowest BCUT2D eigenvalue weighted by Gasteiger charge is -2.21. The zero-order chi connectivity index (χ0) is 22.7. The summed E-state index contributed by atoms with van der Waals surface area (Å²) in [6, 6.07) is 17.0. The molecule has 4 N–H and O–H groups in total. The fourth-order valence-corrected chi connectivity index (χ4v) is 3.35. The first-order chi connectivity index (χ1) is 15.4. The minimum absolute atomic E-state index is 0.164. The summed E-state index contributed by atoms with van der Waals surface area (Å²) in [6.45, 7) is 0. The van der Waals surface area contributed by atoms with Crippen LogP contribution in [0.15, 0.2) is 82.1 Å². The Hall–Kier alpha value is -3.69. The van der Waals surface area contributed by atoms with E-state index in [-0.39, 0.29) is 21.5 Å². The molecule has 0 bridgehead atoms. The summed E-state index contributed by atoms with van der Waals surface area (Å²) in [5.74, 6) is -1.59. The predicted octanol–water partition coefficient (Wildman–Crippen LogP) is 3.18. The third kappa shape index (κ3) is 4.63. The SMILES string of the molecule is O=C(N[C@@H]1OC(=O)C(Cl)=C1Nc1ccccc1)N[C@H]1OC(=O)C(Cl)=C1Nc1ccccc1. The number of amides is 2. The molecule has 9 nitrogen and oxygen atoms in total. The number of nitrogens with one attached hydrogen (secondary N) is 4. The molecule has 0 radical (unpaired) electrons. The van der Waals surface area contributed by atoms with Crippen LogP contribution in [-0.2, 0) is 19.1 Å². The molecule has 2 aromatic carbocycles. The highest BCUT2D eigenvalue weighted by molar-refractivity contribution is 6.43. The Morgan fingerprint density at radius 2 is 1.06 bits per heavy atom. The van der Waals surface area contributed by atoms with Gasteiger partial charge in [0.25, 0.3) is 0 Å². The van der Waals surface area contributed by atoms with E-state index in [9.17, 15) is 14.4 Å². The summed E-state index contributed by atoms with van der Waals surface area (Å²) in [5, 5.41) is 10.5. The van der Waals surface area contributed by atoms with Gasteiger partial charge >= 0.3 is 18.0 Å². The van der Waals surface area contributed by atoms with Gasteiger partial charge in [-0.2, -0.15) is 0 Å². The quantitative estimate of drug-likeness (QED) is 0.474. The van der Waals surface area contributed by atoms with Crippen LogP contribution in [0.2, 0.25) is 0 Å². The van der Waals surface area contributed by atoms with Crippen molar-refractivity contribution in [3.8, 4) is 0 Å². The zero-order valence-corrected chi connectivity index (χ0v) is 17.7. The Morgan fingerprint density at radius 1 is 0.688 bits per heavy atom. The van der Waals surface area contributed by atoms with E-state index in [1.54, 1.807) is 48.5 Å². The van der Waals surface area contributed by atoms with Crippen molar-refractivity contribution >= 4 is 52.5 Å². The van der Waals surface area contributed by atoms with Crippen LogP contribution in [0.25, 0.3) is 0 Å². The van der Waals surface area contributed by atoms with Gasteiger partial charge in [0.1, 0.15) is 11.4 Å². The first kappa shape index (κ1) is 21.5. The Morgan fingerprint density at radius 3 is 1.44 bits per heavy atom. The highest BCUT2D eigenvalue weighted by Crippen LogP contribution is 2.27. The average molecular weight is 475 g/mol. The van der Waals surface area contributed by atoms with Gasteiger partial charge in [0.15, 0.2) is 10.1 Å². The van der Waals surface area contributed by atoms with E-state index in [0.717, 1.165) is 0 Å². The minimum Gasteiger partial charge on any atom is -0.431 e. The third-order valence-corrected chi connectivity index (χ3v) is 5.15. The molecule has 2 aliphatic rings. The second-order valence-electron chi connectivity index (χ2n) is 6.63.